The predicted octanol–water partition coefficient (Wildman–Crippen LogP) is 4.10. The van der Waals surface area contributed by atoms with Crippen molar-refractivity contribution in [2.75, 3.05) is 19.8 Å². The summed E-state index contributed by atoms with van der Waals surface area (Å²) in [6, 6.07) is 0. The van der Waals surface area contributed by atoms with E-state index in [0.29, 0.717) is 19.8 Å². The lowest BCUT2D eigenvalue weighted by atomic mass is 10.2. The standard InChI is InChI=1S/C14H30O3Si/c1-5-9-10-11-14-18(15-8-4,16-12-6-2)17-13-7-3/h11,14H,5-10,12-13H2,1-4H3. The molecule has 0 aromatic carbocycles. The van der Waals surface area contributed by atoms with Crippen LogP contribution in [-0.4, -0.2) is 28.6 Å². The second-order valence-electron chi connectivity index (χ2n) is 4.28. The molecule has 0 radical (unpaired) electrons. The highest BCUT2D eigenvalue weighted by molar-refractivity contribution is 6.66. The maximum absolute atomic E-state index is 5.91. The molecule has 0 unspecified atom stereocenters. The zero-order valence-corrected chi connectivity index (χ0v) is 13.5. The van der Waals surface area contributed by atoms with Crippen molar-refractivity contribution in [3.05, 3.63) is 11.8 Å². The summed E-state index contributed by atoms with van der Waals surface area (Å²) in [5, 5.41) is 0. The first-order valence-electron chi connectivity index (χ1n) is 7.34. The molecule has 0 aromatic rings. The van der Waals surface area contributed by atoms with E-state index in [1.165, 1.54) is 12.8 Å². The minimum Gasteiger partial charge on any atom is -0.371 e. The van der Waals surface area contributed by atoms with Crippen LogP contribution in [0.1, 0.15) is 59.8 Å². The molecule has 0 spiro atoms. The Morgan fingerprint density at radius 1 is 0.833 bits per heavy atom. The van der Waals surface area contributed by atoms with E-state index in [1.807, 2.05) is 6.92 Å². The van der Waals surface area contributed by atoms with Gasteiger partial charge in [0, 0.05) is 19.8 Å². The van der Waals surface area contributed by atoms with Crippen molar-refractivity contribution >= 4 is 8.80 Å². The van der Waals surface area contributed by atoms with Gasteiger partial charge in [0.1, 0.15) is 0 Å². The average Bonchev–Trinajstić information content (AvgIpc) is 2.39. The van der Waals surface area contributed by atoms with Gasteiger partial charge in [-0.2, -0.15) is 0 Å². The van der Waals surface area contributed by atoms with Crippen molar-refractivity contribution in [2.24, 2.45) is 0 Å². The Morgan fingerprint density at radius 2 is 1.44 bits per heavy atom. The van der Waals surface area contributed by atoms with E-state index in [0.717, 1.165) is 19.3 Å². The fraction of sp³-hybridized carbons (Fsp3) is 0.857. The summed E-state index contributed by atoms with van der Waals surface area (Å²) >= 11 is 0. The van der Waals surface area contributed by atoms with Crippen molar-refractivity contribution in [1.29, 1.82) is 0 Å². The lowest BCUT2D eigenvalue weighted by Crippen LogP contribution is -2.45. The first-order chi connectivity index (χ1) is 8.74. The number of unbranched alkanes of at least 4 members (excludes halogenated alkanes) is 2. The topological polar surface area (TPSA) is 27.7 Å². The molecule has 0 bridgehead atoms. The van der Waals surface area contributed by atoms with Crippen molar-refractivity contribution in [2.45, 2.75) is 59.8 Å². The lowest BCUT2D eigenvalue weighted by Gasteiger charge is -2.26. The third kappa shape index (κ3) is 8.03. The summed E-state index contributed by atoms with van der Waals surface area (Å²) in [6.45, 7) is 10.4. The molecule has 0 fully saturated rings. The van der Waals surface area contributed by atoms with E-state index in [9.17, 15) is 0 Å². The van der Waals surface area contributed by atoms with Crippen LogP contribution >= 0.6 is 0 Å². The van der Waals surface area contributed by atoms with Gasteiger partial charge in [0.25, 0.3) is 0 Å². The molecule has 108 valence electrons. The minimum atomic E-state index is -2.57. The van der Waals surface area contributed by atoms with Gasteiger partial charge in [0.05, 0.1) is 0 Å². The van der Waals surface area contributed by atoms with Crippen LogP contribution in [0.5, 0.6) is 0 Å². The van der Waals surface area contributed by atoms with Crippen LogP contribution in [0.3, 0.4) is 0 Å². The minimum absolute atomic E-state index is 0.637. The highest BCUT2D eigenvalue weighted by Crippen LogP contribution is 2.14. The quantitative estimate of drug-likeness (QED) is 0.396. The third-order valence-electron chi connectivity index (χ3n) is 2.41. The van der Waals surface area contributed by atoms with Crippen LogP contribution in [0, 0.1) is 0 Å². The molecule has 3 nitrogen and oxygen atoms in total. The second-order valence-corrected chi connectivity index (χ2v) is 6.68. The van der Waals surface area contributed by atoms with Crippen LogP contribution in [0.15, 0.2) is 11.8 Å². The van der Waals surface area contributed by atoms with Crippen molar-refractivity contribution in [3.63, 3.8) is 0 Å². The molecule has 0 rings (SSSR count). The summed E-state index contributed by atoms with van der Waals surface area (Å²) in [6.07, 6.45) is 7.62. The Labute approximate surface area is 114 Å². The normalized spacial score (nSPS) is 12.4. The lowest BCUT2D eigenvalue weighted by molar-refractivity contribution is 0.0756. The molecule has 0 aliphatic heterocycles. The van der Waals surface area contributed by atoms with Gasteiger partial charge in [-0.1, -0.05) is 39.7 Å². The highest BCUT2D eigenvalue weighted by atomic mass is 28.4. The van der Waals surface area contributed by atoms with Gasteiger partial charge < -0.3 is 13.3 Å². The third-order valence-corrected chi connectivity index (χ3v) is 4.95. The Bertz CT molecular complexity index is 199. The molecular weight excluding hydrogens is 244 g/mol. The first kappa shape index (κ1) is 17.8. The SMILES string of the molecule is CCCCC=C[Si](OCC)(OCCC)OCCC. The van der Waals surface area contributed by atoms with E-state index < -0.39 is 8.80 Å². The predicted molar refractivity (Wildman–Crippen MR) is 78.5 cm³/mol. The van der Waals surface area contributed by atoms with Gasteiger partial charge in [-0.25, -0.2) is 0 Å². The van der Waals surface area contributed by atoms with Gasteiger partial charge in [0.2, 0.25) is 0 Å². The average molecular weight is 274 g/mol. The second kappa shape index (κ2) is 11.9. The monoisotopic (exact) mass is 274 g/mol. The summed E-state index contributed by atoms with van der Waals surface area (Å²) in [7, 11) is -2.57. The van der Waals surface area contributed by atoms with Gasteiger partial charge in [-0.05, 0) is 31.9 Å². The Balaban J connectivity index is 4.52. The van der Waals surface area contributed by atoms with E-state index in [-0.39, 0.29) is 0 Å². The number of allylic oxidation sites excluding steroid dienone is 1. The van der Waals surface area contributed by atoms with E-state index >= 15 is 0 Å². The molecule has 4 heteroatoms. The fourth-order valence-electron chi connectivity index (χ4n) is 1.51. The summed E-state index contributed by atoms with van der Waals surface area (Å²) in [5.74, 6) is 0. The van der Waals surface area contributed by atoms with Gasteiger partial charge in [-0.15, -0.1) is 0 Å². The molecule has 0 aliphatic carbocycles. The Hall–Kier alpha value is -0.163. The maximum atomic E-state index is 5.91. The number of hydrogen-bond acceptors (Lipinski definition) is 3. The smallest absolute Gasteiger partial charge is 0.371 e. The van der Waals surface area contributed by atoms with Crippen molar-refractivity contribution < 1.29 is 13.3 Å². The summed E-state index contributed by atoms with van der Waals surface area (Å²) in [5.41, 5.74) is 2.07. The van der Waals surface area contributed by atoms with Gasteiger partial charge in [-0.3, -0.25) is 0 Å². The van der Waals surface area contributed by atoms with Crippen LogP contribution in [0.2, 0.25) is 0 Å². The zero-order valence-electron chi connectivity index (χ0n) is 12.5. The Morgan fingerprint density at radius 3 is 1.89 bits per heavy atom. The number of rotatable bonds is 12. The molecule has 0 N–H and O–H groups in total. The van der Waals surface area contributed by atoms with Crippen LogP contribution in [-0.2, 0) is 13.3 Å². The van der Waals surface area contributed by atoms with E-state index in [1.54, 1.807) is 0 Å². The molecule has 0 aromatic heterocycles. The first-order valence-corrected chi connectivity index (χ1v) is 9.14. The van der Waals surface area contributed by atoms with Crippen molar-refractivity contribution in [1.82, 2.24) is 0 Å². The van der Waals surface area contributed by atoms with Gasteiger partial charge in [0.15, 0.2) is 0 Å². The van der Waals surface area contributed by atoms with Crippen LogP contribution in [0.4, 0.5) is 0 Å². The molecule has 0 atom stereocenters. The van der Waals surface area contributed by atoms with E-state index in [2.05, 4.69) is 32.5 Å². The molecule has 0 saturated heterocycles. The number of hydrogen-bond donors (Lipinski definition) is 0. The fourth-order valence-corrected chi connectivity index (χ4v) is 3.88. The Kier molecular flexibility index (Phi) is 11.8. The molecule has 0 saturated carbocycles. The molecule has 0 aliphatic rings. The maximum Gasteiger partial charge on any atom is 0.529 e. The zero-order chi connectivity index (χ0) is 13.7. The van der Waals surface area contributed by atoms with Crippen LogP contribution in [0.25, 0.3) is 0 Å². The molecule has 18 heavy (non-hydrogen) atoms. The van der Waals surface area contributed by atoms with E-state index in [4.69, 9.17) is 13.3 Å². The highest BCUT2D eigenvalue weighted by Gasteiger charge is 2.37. The van der Waals surface area contributed by atoms with Gasteiger partial charge >= 0.3 is 8.80 Å². The molecule has 0 amide bonds. The molecule has 0 heterocycles. The summed E-state index contributed by atoms with van der Waals surface area (Å²) < 4.78 is 17.6. The summed E-state index contributed by atoms with van der Waals surface area (Å²) in [4.78, 5) is 0. The van der Waals surface area contributed by atoms with Crippen LogP contribution < -0.4 is 0 Å². The van der Waals surface area contributed by atoms with Crippen molar-refractivity contribution in [3.8, 4) is 0 Å². The molecular formula is C14H30O3Si. The largest absolute Gasteiger partial charge is 0.529 e.